The van der Waals surface area contributed by atoms with Crippen LogP contribution in [0.1, 0.15) is 33.1 Å². The first kappa shape index (κ1) is 13.8. The molecule has 6 heteroatoms. The molecule has 0 bridgehead atoms. The zero-order chi connectivity index (χ0) is 11.4. The Labute approximate surface area is 83.6 Å². The van der Waals surface area contributed by atoms with Gasteiger partial charge in [-0.2, -0.15) is 0 Å². The van der Waals surface area contributed by atoms with Crippen molar-refractivity contribution in [3.05, 3.63) is 0 Å². The molecule has 0 spiro atoms. The fourth-order valence-corrected chi connectivity index (χ4v) is 2.45. The van der Waals surface area contributed by atoms with Crippen LogP contribution in [0, 0.1) is 0 Å². The summed E-state index contributed by atoms with van der Waals surface area (Å²) < 4.78 is 15.9. The van der Waals surface area contributed by atoms with Gasteiger partial charge in [0.05, 0.1) is 0 Å². The molecule has 1 unspecified atom stereocenters. The minimum atomic E-state index is -4.56. The van der Waals surface area contributed by atoms with E-state index in [1.165, 1.54) is 6.92 Å². The van der Waals surface area contributed by atoms with Crippen LogP contribution in [-0.4, -0.2) is 28.0 Å². The third-order valence-corrected chi connectivity index (χ3v) is 3.89. The molecule has 0 aliphatic heterocycles. The van der Waals surface area contributed by atoms with Crippen LogP contribution in [0.15, 0.2) is 0 Å². The van der Waals surface area contributed by atoms with Gasteiger partial charge >= 0.3 is 7.60 Å². The normalized spacial score (nSPS) is 16.4. The first-order valence-electron chi connectivity index (χ1n) is 4.49. The molecule has 0 aromatic heterocycles. The number of hydrogen-bond acceptors (Lipinski definition) is 3. The van der Waals surface area contributed by atoms with Gasteiger partial charge in [0.2, 0.25) is 5.34 Å². The highest BCUT2D eigenvalue weighted by atomic mass is 31.2. The van der Waals surface area contributed by atoms with Crippen LogP contribution in [0.5, 0.6) is 0 Å². The molecule has 0 fully saturated rings. The molecular formula is C8H17O5P. The lowest BCUT2D eigenvalue weighted by Gasteiger charge is -2.30. The van der Waals surface area contributed by atoms with Crippen LogP contribution < -0.4 is 0 Å². The van der Waals surface area contributed by atoms with Gasteiger partial charge in [0.25, 0.3) is 0 Å². The quantitative estimate of drug-likeness (QED) is 0.664. The molecular weight excluding hydrogens is 207 g/mol. The molecule has 1 atom stereocenters. The predicted octanol–water partition coefficient (Wildman–Crippen LogP) is 1.29. The van der Waals surface area contributed by atoms with Crippen LogP contribution in [-0.2, 0) is 14.1 Å². The Morgan fingerprint density at radius 2 is 1.93 bits per heavy atom. The molecule has 0 aromatic rings. The van der Waals surface area contributed by atoms with Gasteiger partial charge in [-0.05, 0) is 12.8 Å². The van der Waals surface area contributed by atoms with E-state index in [0.29, 0.717) is 6.42 Å². The lowest BCUT2D eigenvalue weighted by molar-refractivity contribution is -0.134. The summed E-state index contributed by atoms with van der Waals surface area (Å²) in [5.74, 6) is -0.529. The van der Waals surface area contributed by atoms with Crippen molar-refractivity contribution >= 4 is 13.4 Å². The van der Waals surface area contributed by atoms with Gasteiger partial charge in [0, 0.05) is 13.5 Å². The number of Topliss-reactive ketones (excluding diaryl/α,β-unsaturated/α-hetero) is 1. The number of ether oxygens (including phenoxy) is 1. The number of hydrogen-bond donors (Lipinski definition) is 2. The summed E-state index contributed by atoms with van der Waals surface area (Å²) >= 11 is 0. The van der Waals surface area contributed by atoms with Crippen LogP contribution >= 0.6 is 7.60 Å². The van der Waals surface area contributed by atoms with Crippen LogP contribution in [0.3, 0.4) is 0 Å². The second-order valence-corrected chi connectivity index (χ2v) is 4.87. The van der Waals surface area contributed by atoms with E-state index in [4.69, 9.17) is 14.5 Å². The first-order valence-corrected chi connectivity index (χ1v) is 6.11. The van der Waals surface area contributed by atoms with E-state index in [2.05, 4.69) is 0 Å². The first-order chi connectivity index (χ1) is 6.35. The lowest BCUT2D eigenvalue weighted by atomic mass is 10.1. The van der Waals surface area contributed by atoms with Crippen molar-refractivity contribution in [3.8, 4) is 0 Å². The molecule has 0 saturated heterocycles. The van der Waals surface area contributed by atoms with Crippen molar-refractivity contribution in [2.24, 2.45) is 0 Å². The summed E-state index contributed by atoms with van der Waals surface area (Å²) in [5, 5.41) is -1.94. The maximum atomic E-state index is 11.6. The highest BCUT2D eigenvalue weighted by molar-refractivity contribution is 7.54. The molecule has 0 heterocycles. The number of rotatable bonds is 6. The van der Waals surface area contributed by atoms with Crippen molar-refractivity contribution in [2.45, 2.75) is 38.5 Å². The van der Waals surface area contributed by atoms with Crippen LogP contribution in [0.25, 0.3) is 0 Å². The molecule has 0 radical (unpaired) electrons. The van der Waals surface area contributed by atoms with Crippen molar-refractivity contribution < 1.29 is 23.9 Å². The minimum absolute atomic E-state index is 0.0212. The van der Waals surface area contributed by atoms with Crippen molar-refractivity contribution in [1.29, 1.82) is 0 Å². The molecule has 0 rings (SSSR count). The molecule has 5 nitrogen and oxygen atoms in total. The average molecular weight is 224 g/mol. The van der Waals surface area contributed by atoms with E-state index in [1.807, 2.05) is 0 Å². The molecule has 0 aliphatic carbocycles. The summed E-state index contributed by atoms with van der Waals surface area (Å²) in [5.41, 5.74) is 0. The smallest absolute Gasteiger partial charge is 0.359 e. The van der Waals surface area contributed by atoms with E-state index >= 15 is 0 Å². The number of methoxy groups -OCH3 is 1. The van der Waals surface area contributed by atoms with Crippen LogP contribution in [0.4, 0.5) is 0 Å². The van der Waals surface area contributed by atoms with Crippen molar-refractivity contribution in [2.75, 3.05) is 7.11 Å². The Kier molecular flexibility index (Phi) is 4.95. The Bertz CT molecular complexity index is 240. The highest BCUT2D eigenvalue weighted by Gasteiger charge is 2.51. The predicted molar refractivity (Wildman–Crippen MR) is 52.0 cm³/mol. The van der Waals surface area contributed by atoms with Crippen molar-refractivity contribution in [1.82, 2.24) is 0 Å². The number of carbonyl (C=O) groups excluding carboxylic acids is 1. The SMILES string of the molecule is CCCC(=O)C(CC)(OC)P(=O)(O)O. The third kappa shape index (κ3) is 2.42. The lowest BCUT2D eigenvalue weighted by Crippen LogP contribution is -2.39. The van der Waals surface area contributed by atoms with Gasteiger partial charge < -0.3 is 14.5 Å². The van der Waals surface area contributed by atoms with Gasteiger partial charge in [-0.25, -0.2) is 0 Å². The summed E-state index contributed by atoms with van der Waals surface area (Å²) in [6.45, 7) is 3.30. The Morgan fingerprint density at radius 3 is 2.14 bits per heavy atom. The van der Waals surface area contributed by atoms with Gasteiger partial charge in [-0.3, -0.25) is 9.36 Å². The Balaban J connectivity index is 5.08. The van der Waals surface area contributed by atoms with E-state index in [0.717, 1.165) is 7.11 Å². The average Bonchev–Trinajstić information content (AvgIpc) is 2.05. The fraction of sp³-hybridized carbons (Fsp3) is 0.875. The summed E-state index contributed by atoms with van der Waals surface area (Å²) in [6.07, 6.45) is 0.642. The Hall–Kier alpha value is -0.220. The summed E-state index contributed by atoms with van der Waals surface area (Å²) in [6, 6.07) is 0. The molecule has 2 N–H and O–H groups in total. The van der Waals surface area contributed by atoms with E-state index in [9.17, 15) is 9.36 Å². The second kappa shape index (κ2) is 5.03. The number of carbonyl (C=O) groups is 1. The van der Waals surface area contributed by atoms with E-state index < -0.39 is 18.7 Å². The zero-order valence-corrected chi connectivity index (χ0v) is 9.58. The molecule has 14 heavy (non-hydrogen) atoms. The largest absolute Gasteiger partial charge is 0.364 e. The monoisotopic (exact) mass is 224 g/mol. The molecule has 0 aliphatic rings. The molecule has 0 amide bonds. The molecule has 0 aromatic carbocycles. The highest BCUT2D eigenvalue weighted by Crippen LogP contribution is 2.53. The Morgan fingerprint density at radius 1 is 1.43 bits per heavy atom. The van der Waals surface area contributed by atoms with Gasteiger partial charge in [-0.1, -0.05) is 13.8 Å². The third-order valence-electron chi connectivity index (χ3n) is 2.20. The molecule has 0 saturated carbocycles. The minimum Gasteiger partial charge on any atom is -0.359 e. The van der Waals surface area contributed by atoms with Gasteiger partial charge in [0.1, 0.15) is 0 Å². The maximum absolute atomic E-state index is 11.6. The van der Waals surface area contributed by atoms with E-state index in [-0.39, 0.29) is 12.8 Å². The van der Waals surface area contributed by atoms with Gasteiger partial charge in [-0.15, -0.1) is 0 Å². The summed E-state index contributed by atoms with van der Waals surface area (Å²) in [7, 11) is -3.42. The summed E-state index contributed by atoms with van der Waals surface area (Å²) in [4.78, 5) is 29.7. The topological polar surface area (TPSA) is 83.8 Å². The van der Waals surface area contributed by atoms with E-state index in [1.54, 1.807) is 6.92 Å². The fourth-order valence-electron chi connectivity index (χ4n) is 1.37. The molecule has 84 valence electrons. The standard InChI is InChI=1S/C8H17O5P/c1-4-6-7(9)8(5-2,13-3)14(10,11)12/h4-6H2,1-3H3,(H2,10,11,12). The second-order valence-electron chi connectivity index (χ2n) is 3.06. The van der Waals surface area contributed by atoms with Crippen LogP contribution in [0.2, 0.25) is 0 Å². The zero-order valence-electron chi connectivity index (χ0n) is 8.69. The van der Waals surface area contributed by atoms with Crippen molar-refractivity contribution in [3.63, 3.8) is 0 Å². The number of ketones is 1. The van der Waals surface area contributed by atoms with Gasteiger partial charge in [0.15, 0.2) is 5.78 Å². The maximum Gasteiger partial charge on any atom is 0.364 e.